The zero-order chi connectivity index (χ0) is 14.5. The van der Waals surface area contributed by atoms with Crippen molar-refractivity contribution < 1.29 is 9.53 Å². The van der Waals surface area contributed by atoms with Gasteiger partial charge in [0.15, 0.2) is 5.69 Å². The molecule has 0 spiro atoms. The summed E-state index contributed by atoms with van der Waals surface area (Å²) >= 11 is 0. The molecule has 0 saturated heterocycles. The molecule has 0 aliphatic rings. The van der Waals surface area contributed by atoms with E-state index in [2.05, 4.69) is 10.1 Å². The maximum absolute atomic E-state index is 12.0. The number of nitrogen functional groups attached to an aromatic ring is 1. The second-order valence-corrected chi connectivity index (χ2v) is 4.43. The molecule has 2 aromatic heterocycles. The second-order valence-electron chi connectivity index (χ2n) is 4.43. The lowest BCUT2D eigenvalue weighted by atomic mass is 10.2. The molecule has 0 atom stereocenters. The predicted octanol–water partition coefficient (Wildman–Crippen LogP) is 1.36. The van der Waals surface area contributed by atoms with E-state index < -0.39 is 5.97 Å². The summed E-state index contributed by atoms with van der Waals surface area (Å²) in [5.74, 6) is -0.439. The molecule has 0 bridgehead atoms. The van der Waals surface area contributed by atoms with Crippen molar-refractivity contribution in [2.75, 3.05) is 12.3 Å². The minimum atomic E-state index is -0.439. The van der Waals surface area contributed by atoms with Crippen molar-refractivity contribution in [3.05, 3.63) is 41.5 Å². The van der Waals surface area contributed by atoms with Crippen LogP contribution in [0.2, 0.25) is 0 Å². The molecule has 20 heavy (non-hydrogen) atoms. The number of hydrogen-bond donors (Lipinski definition) is 1. The number of nitrogens with zero attached hydrogens (tertiary/aromatic N) is 3. The molecule has 6 nitrogen and oxygen atoms in total. The average molecular weight is 274 g/mol. The third-order valence-corrected chi connectivity index (χ3v) is 3.06. The van der Waals surface area contributed by atoms with Gasteiger partial charge in [0.05, 0.1) is 18.0 Å². The SMILES string of the molecule is CCc1nn(C)c(C(=O)OCCc2ccncc2)c1N. The molecule has 0 fully saturated rings. The number of nitrogens with two attached hydrogens (primary N) is 1. The summed E-state index contributed by atoms with van der Waals surface area (Å²) in [4.78, 5) is 16.0. The van der Waals surface area contributed by atoms with Crippen molar-refractivity contribution in [3.8, 4) is 0 Å². The maximum Gasteiger partial charge on any atom is 0.358 e. The van der Waals surface area contributed by atoms with Gasteiger partial charge in [-0.05, 0) is 24.1 Å². The zero-order valence-corrected chi connectivity index (χ0v) is 11.7. The fraction of sp³-hybridized carbons (Fsp3) is 0.357. The predicted molar refractivity (Wildman–Crippen MR) is 75.2 cm³/mol. The van der Waals surface area contributed by atoms with Gasteiger partial charge in [0.25, 0.3) is 0 Å². The highest BCUT2D eigenvalue weighted by atomic mass is 16.5. The summed E-state index contributed by atoms with van der Waals surface area (Å²) in [5, 5.41) is 4.20. The van der Waals surface area contributed by atoms with Crippen LogP contribution in [-0.2, 0) is 24.6 Å². The molecule has 106 valence electrons. The molecule has 2 N–H and O–H groups in total. The summed E-state index contributed by atoms with van der Waals surface area (Å²) in [6, 6.07) is 3.78. The molecular formula is C14H18N4O2. The summed E-state index contributed by atoms with van der Waals surface area (Å²) in [7, 11) is 1.69. The third-order valence-electron chi connectivity index (χ3n) is 3.06. The number of pyridine rings is 1. The highest BCUT2D eigenvalue weighted by molar-refractivity contribution is 5.93. The first kappa shape index (κ1) is 14.0. The van der Waals surface area contributed by atoms with Crippen molar-refractivity contribution in [2.45, 2.75) is 19.8 Å². The van der Waals surface area contributed by atoms with Crippen LogP contribution in [0.5, 0.6) is 0 Å². The van der Waals surface area contributed by atoms with Crippen molar-refractivity contribution in [2.24, 2.45) is 7.05 Å². The van der Waals surface area contributed by atoms with E-state index in [1.807, 2.05) is 19.1 Å². The van der Waals surface area contributed by atoms with Crippen LogP contribution in [0.4, 0.5) is 5.69 Å². The molecule has 0 aliphatic carbocycles. The van der Waals surface area contributed by atoms with E-state index in [4.69, 9.17) is 10.5 Å². The fourth-order valence-corrected chi connectivity index (χ4v) is 1.98. The summed E-state index contributed by atoms with van der Waals surface area (Å²) in [6.07, 6.45) is 4.75. The Kier molecular flexibility index (Phi) is 4.34. The Hall–Kier alpha value is -2.37. The topological polar surface area (TPSA) is 83.0 Å². The Balaban J connectivity index is 1.97. The van der Waals surface area contributed by atoms with E-state index in [9.17, 15) is 4.79 Å². The molecule has 0 saturated carbocycles. The number of rotatable bonds is 5. The Bertz CT molecular complexity index is 593. The van der Waals surface area contributed by atoms with E-state index in [1.165, 1.54) is 4.68 Å². The Morgan fingerprint density at radius 1 is 1.40 bits per heavy atom. The van der Waals surface area contributed by atoms with Crippen molar-refractivity contribution >= 4 is 11.7 Å². The van der Waals surface area contributed by atoms with Crippen LogP contribution in [-0.4, -0.2) is 27.3 Å². The van der Waals surface area contributed by atoms with Gasteiger partial charge in [-0.1, -0.05) is 6.92 Å². The first-order valence-corrected chi connectivity index (χ1v) is 6.50. The van der Waals surface area contributed by atoms with Gasteiger partial charge >= 0.3 is 5.97 Å². The second kappa shape index (κ2) is 6.18. The molecule has 0 unspecified atom stereocenters. The van der Waals surface area contributed by atoms with E-state index >= 15 is 0 Å². The van der Waals surface area contributed by atoms with Crippen molar-refractivity contribution in [3.63, 3.8) is 0 Å². The molecule has 0 radical (unpaired) electrons. The first-order chi connectivity index (χ1) is 9.63. The molecule has 2 heterocycles. The summed E-state index contributed by atoms with van der Waals surface area (Å²) < 4.78 is 6.73. The van der Waals surface area contributed by atoms with Gasteiger partial charge in [-0.25, -0.2) is 4.79 Å². The largest absolute Gasteiger partial charge is 0.461 e. The molecule has 2 aromatic rings. The van der Waals surface area contributed by atoms with Gasteiger partial charge < -0.3 is 10.5 Å². The van der Waals surface area contributed by atoms with Crippen LogP contribution in [0.25, 0.3) is 0 Å². The number of carbonyl (C=O) groups excluding carboxylic acids is 1. The van der Waals surface area contributed by atoms with Crippen molar-refractivity contribution in [1.82, 2.24) is 14.8 Å². The minimum Gasteiger partial charge on any atom is -0.461 e. The minimum absolute atomic E-state index is 0.301. The highest BCUT2D eigenvalue weighted by Crippen LogP contribution is 2.17. The van der Waals surface area contributed by atoms with Crippen LogP contribution in [0, 0.1) is 0 Å². The standard InChI is InChI=1S/C14H18N4O2/c1-3-11-12(15)13(18(2)17-11)14(19)20-9-6-10-4-7-16-8-5-10/h4-5,7-8H,3,6,9,15H2,1-2H3. The fourth-order valence-electron chi connectivity index (χ4n) is 1.98. The number of carbonyl (C=O) groups is 1. The number of hydrogen-bond acceptors (Lipinski definition) is 5. The lowest BCUT2D eigenvalue weighted by molar-refractivity contribution is 0.0498. The Labute approximate surface area is 117 Å². The zero-order valence-electron chi connectivity index (χ0n) is 11.7. The number of ether oxygens (including phenoxy) is 1. The summed E-state index contributed by atoms with van der Waals surface area (Å²) in [5.41, 5.74) is 8.41. The van der Waals surface area contributed by atoms with Crippen LogP contribution in [0.15, 0.2) is 24.5 Å². The van der Waals surface area contributed by atoms with E-state index in [-0.39, 0.29) is 0 Å². The van der Waals surface area contributed by atoms with Gasteiger partial charge in [-0.2, -0.15) is 5.10 Å². The maximum atomic E-state index is 12.0. The first-order valence-electron chi connectivity index (χ1n) is 6.50. The smallest absolute Gasteiger partial charge is 0.358 e. The number of aryl methyl sites for hydroxylation is 2. The lowest BCUT2D eigenvalue weighted by Gasteiger charge is -2.05. The number of aromatic nitrogens is 3. The van der Waals surface area contributed by atoms with Gasteiger partial charge in [0.1, 0.15) is 0 Å². The molecule has 0 aliphatic heterocycles. The quantitative estimate of drug-likeness (QED) is 0.832. The van der Waals surface area contributed by atoms with E-state index in [1.54, 1.807) is 19.4 Å². The lowest BCUT2D eigenvalue weighted by Crippen LogP contribution is -2.14. The van der Waals surface area contributed by atoms with Crippen LogP contribution in [0.1, 0.15) is 28.7 Å². The van der Waals surface area contributed by atoms with Crippen LogP contribution in [0.3, 0.4) is 0 Å². The molecule has 2 rings (SSSR count). The molecule has 0 aromatic carbocycles. The average Bonchev–Trinajstić information content (AvgIpc) is 2.74. The third kappa shape index (κ3) is 2.96. The molecular weight excluding hydrogens is 256 g/mol. The van der Waals surface area contributed by atoms with Crippen LogP contribution >= 0.6 is 0 Å². The Morgan fingerprint density at radius 3 is 2.70 bits per heavy atom. The Morgan fingerprint density at radius 2 is 2.10 bits per heavy atom. The molecule has 0 amide bonds. The normalized spacial score (nSPS) is 10.5. The number of anilines is 1. The van der Waals surface area contributed by atoms with E-state index in [0.717, 1.165) is 5.56 Å². The van der Waals surface area contributed by atoms with E-state index in [0.29, 0.717) is 36.5 Å². The number of esters is 1. The highest BCUT2D eigenvalue weighted by Gasteiger charge is 2.20. The van der Waals surface area contributed by atoms with Gasteiger partial charge in [0.2, 0.25) is 0 Å². The molecule has 6 heteroatoms. The van der Waals surface area contributed by atoms with Crippen molar-refractivity contribution in [1.29, 1.82) is 0 Å². The van der Waals surface area contributed by atoms with Gasteiger partial charge in [-0.15, -0.1) is 0 Å². The van der Waals surface area contributed by atoms with Gasteiger partial charge in [0, 0.05) is 25.9 Å². The summed E-state index contributed by atoms with van der Waals surface area (Å²) in [6.45, 7) is 2.24. The monoisotopic (exact) mass is 274 g/mol. The van der Waals surface area contributed by atoms with Crippen LogP contribution < -0.4 is 5.73 Å². The van der Waals surface area contributed by atoms with Gasteiger partial charge in [-0.3, -0.25) is 9.67 Å².